The molecular weight excluding hydrogens is 126 g/mol. The van der Waals surface area contributed by atoms with Crippen LogP contribution in [0.4, 0.5) is 0 Å². The minimum atomic E-state index is -0.183. The van der Waals surface area contributed by atoms with Gasteiger partial charge in [-0.15, -0.1) is 0 Å². The molecule has 0 heterocycles. The van der Waals surface area contributed by atoms with E-state index in [9.17, 15) is 4.79 Å². The van der Waals surface area contributed by atoms with Crippen LogP contribution in [0.5, 0.6) is 0 Å². The summed E-state index contributed by atoms with van der Waals surface area (Å²) in [7, 11) is 0. The molecule has 10 heavy (non-hydrogen) atoms. The SMILES string of the molecule is CC#CC(=O)NC(C)CC. The second-order valence-corrected chi connectivity index (χ2v) is 2.16. The second-order valence-electron chi connectivity index (χ2n) is 2.16. The highest BCUT2D eigenvalue weighted by Crippen LogP contribution is 1.85. The van der Waals surface area contributed by atoms with E-state index in [0.717, 1.165) is 6.42 Å². The summed E-state index contributed by atoms with van der Waals surface area (Å²) in [5.41, 5.74) is 0. The van der Waals surface area contributed by atoms with E-state index in [1.165, 1.54) is 0 Å². The first-order chi connectivity index (χ1) is 4.70. The molecule has 0 aromatic heterocycles. The van der Waals surface area contributed by atoms with Crippen molar-refractivity contribution in [3.63, 3.8) is 0 Å². The molecule has 1 unspecified atom stereocenters. The lowest BCUT2D eigenvalue weighted by Crippen LogP contribution is -2.30. The number of hydrogen-bond donors (Lipinski definition) is 1. The summed E-state index contributed by atoms with van der Waals surface area (Å²) in [5.74, 6) is 4.76. The van der Waals surface area contributed by atoms with E-state index in [2.05, 4.69) is 17.2 Å². The molecule has 0 spiro atoms. The zero-order valence-corrected chi connectivity index (χ0v) is 6.69. The number of amides is 1. The highest BCUT2D eigenvalue weighted by Gasteiger charge is 1.99. The molecule has 0 fully saturated rings. The average Bonchev–Trinajstić information content (AvgIpc) is 1.88. The van der Waals surface area contributed by atoms with Gasteiger partial charge in [0.2, 0.25) is 0 Å². The molecule has 2 heteroatoms. The molecule has 0 aliphatic carbocycles. The Morgan fingerprint density at radius 2 is 2.30 bits per heavy atom. The highest BCUT2D eigenvalue weighted by atomic mass is 16.1. The summed E-state index contributed by atoms with van der Waals surface area (Å²) < 4.78 is 0. The van der Waals surface area contributed by atoms with Crippen LogP contribution in [-0.2, 0) is 4.79 Å². The molecule has 56 valence electrons. The summed E-state index contributed by atoms with van der Waals surface area (Å²) in [5, 5.41) is 2.72. The lowest BCUT2D eigenvalue weighted by molar-refractivity contribution is -0.116. The molecule has 0 aliphatic heterocycles. The quantitative estimate of drug-likeness (QED) is 0.566. The monoisotopic (exact) mass is 139 g/mol. The standard InChI is InChI=1S/C8H13NO/c1-4-6-8(10)9-7(3)5-2/h7H,5H2,1-3H3,(H,9,10). The summed E-state index contributed by atoms with van der Waals surface area (Å²) in [6.07, 6.45) is 0.942. The van der Waals surface area contributed by atoms with Gasteiger partial charge in [-0.1, -0.05) is 12.8 Å². The third-order valence-corrected chi connectivity index (χ3v) is 1.23. The average molecular weight is 139 g/mol. The fourth-order valence-corrected chi connectivity index (χ4v) is 0.475. The van der Waals surface area contributed by atoms with Gasteiger partial charge in [0.05, 0.1) is 0 Å². The minimum Gasteiger partial charge on any atom is -0.343 e. The largest absolute Gasteiger partial charge is 0.343 e. The van der Waals surface area contributed by atoms with Gasteiger partial charge in [-0.3, -0.25) is 4.79 Å². The van der Waals surface area contributed by atoms with Crippen LogP contribution in [0.1, 0.15) is 27.2 Å². The molecule has 0 aromatic carbocycles. The molecule has 0 aliphatic rings. The fraction of sp³-hybridized carbons (Fsp3) is 0.625. The Kier molecular flexibility index (Phi) is 4.39. The minimum absolute atomic E-state index is 0.183. The Bertz CT molecular complexity index is 164. The maximum atomic E-state index is 10.7. The number of hydrogen-bond acceptors (Lipinski definition) is 1. The molecule has 2 nitrogen and oxygen atoms in total. The van der Waals surface area contributed by atoms with Crippen LogP contribution in [0.25, 0.3) is 0 Å². The summed E-state index contributed by atoms with van der Waals surface area (Å²) in [6, 6.07) is 0.230. The molecule has 0 rings (SSSR count). The third-order valence-electron chi connectivity index (χ3n) is 1.23. The highest BCUT2D eigenvalue weighted by molar-refractivity contribution is 5.93. The molecule has 0 aromatic rings. The molecule has 0 bridgehead atoms. The van der Waals surface area contributed by atoms with Crippen molar-refractivity contribution >= 4 is 5.91 Å². The van der Waals surface area contributed by atoms with Gasteiger partial charge < -0.3 is 5.32 Å². The van der Waals surface area contributed by atoms with E-state index in [-0.39, 0.29) is 11.9 Å². The van der Waals surface area contributed by atoms with Crippen molar-refractivity contribution in [2.45, 2.75) is 33.2 Å². The first-order valence-electron chi connectivity index (χ1n) is 3.44. The predicted molar refractivity (Wildman–Crippen MR) is 41.3 cm³/mol. The maximum absolute atomic E-state index is 10.7. The van der Waals surface area contributed by atoms with Crippen LogP contribution in [-0.4, -0.2) is 11.9 Å². The van der Waals surface area contributed by atoms with Gasteiger partial charge in [0, 0.05) is 6.04 Å². The van der Waals surface area contributed by atoms with Gasteiger partial charge in [-0.2, -0.15) is 0 Å². The van der Waals surface area contributed by atoms with Crippen molar-refractivity contribution in [1.82, 2.24) is 5.32 Å². The van der Waals surface area contributed by atoms with E-state index in [0.29, 0.717) is 0 Å². The second kappa shape index (κ2) is 4.87. The normalized spacial score (nSPS) is 11.1. The summed E-state index contributed by atoms with van der Waals surface area (Å²) >= 11 is 0. The first-order valence-corrected chi connectivity index (χ1v) is 3.44. The van der Waals surface area contributed by atoms with Gasteiger partial charge >= 0.3 is 0 Å². The zero-order valence-electron chi connectivity index (χ0n) is 6.69. The topological polar surface area (TPSA) is 29.1 Å². The van der Waals surface area contributed by atoms with Crippen molar-refractivity contribution in [2.24, 2.45) is 0 Å². The smallest absolute Gasteiger partial charge is 0.296 e. The Morgan fingerprint density at radius 3 is 2.70 bits per heavy atom. The van der Waals surface area contributed by atoms with Crippen LogP contribution in [0.15, 0.2) is 0 Å². The summed E-state index contributed by atoms with van der Waals surface area (Å²) in [6.45, 7) is 5.62. The summed E-state index contributed by atoms with van der Waals surface area (Å²) in [4.78, 5) is 10.7. The Hall–Kier alpha value is -0.970. The predicted octanol–water partition coefficient (Wildman–Crippen LogP) is 0.924. The van der Waals surface area contributed by atoms with E-state index in [4.69, 9.17) is 0 Å². The van der Waals surface area contributed by atoms with Crippen molar-refractivity contribution in [3.05, 3.63) is 0 Å². The maximum Gasteiger partial charge on any atom is 0.296 e. The van der Waals surface area contributed by atoms with Crippen LogP contribution in [0.3, 0.4) is 0 Å². The zero-order chi connectivity index (χ0) is 7.98. The molecule has 0 saturated heterocycles. The Morgan fingerprint density at radius 1 is 1.70 bits per heavy atom. The molecule has 0 radical (unpaired) electrons. The van der Waals surface area contributed by atoms with Gasteiger partial charge in [-0.05, 0) is 26.2 Å². The van der Waals surface area contributed by atoms with Gasteiger partial charge in [0.25, 0.3) is 5.91 Å². The molecular formula is C8H13NO. The molecule has 1 atom stereocenters. The van der Waals surface area contributed by atoms with Gasteiger partial charge in [0.15, 0.2) is 0 Å². The van der Waals surface area contributed by atoms with Gasteiger partial charge in [-0.25, -0.2) is 0 Å². The lowest BCUT2D eigenvalue weighted by Gasteiger charge is -2.06. The van der Waals surface area contributed by atoms with Crippen LogP contribution in [0.2, 0.25) is 0 Å². The Balaban J connectivity index is 3.64. The number of carbonyl (C=O) groups is 1. The van der Waals surface area contributed by atoms with E-state index < -0.39 is 0 Å². The van der Waals surface area contributed by atoms with Gasteiger partial charge in [0.1, 0.15) is 0 Å². The van der Waals surface area contributed by atoms with Crippen molar-refractivity contribution < 1.29 is 4.79 Å². The lowest BCUT2D eigenvalue weighted by atomic mass is 10.2. The Labute approximate surface area is 62.0 Å². The van der Waals surface area contributed by atoms with Crippen LogP contribution < -0.4 is 5.32 Å². The number of carbonyl (C=O) groups excluding carboxylic acids is 1. The van der Waals surface area contributed by atoms with E-state index in [1.807, 2.05) is 13.8 Å². The van der Waals surface area contributed by atoms with Crippen molar-refractivity contribution in [2.75, 3.05) is 0 Å². The molecule has 1 amide bonds. The molecule has 0 saturated carbocycles. The van der Waals surface area contributed by atoms with Crippen molar-refractivity contribution in [1.29, 1.82) is 0 Å². The van der Waals surface area contributed by atoms with E-state index in [1.54, 1.807) is 6.92 Å². The molecule has 1 N–H and O–H groups in total. The van der Waals surface area contributed by atoms with E-state index >= 15 is 0 Å². The number of nitrogens with one attached hydrogen (secondary N) is 1. The third kappa shape index (κ3) is 3.96. The first kappa shape index (κ1) is 9.03. The van der Waals surface area contributed by atoms with Crippen LogP contribution >= 0.6 is 0 Å². The van der Waals surface area contributed by atoms with Crippen molar-refractivity contribution in [3.8, 4) is 11.8 Å². The number of rotatable bonds is 2. The van der Waals surface area contributed by atoms with Crippen LogP contribution in [0, 0.1) is 11.8 Å². The fourth-order valence-electron chi connectivity index (χ4n) is 0.475.